The summed E-state index contributed by atoms with van der Waals surface area (Å²) in [5.74, 6) is 2.81. The molecule has 0 atom stereocenters. The van der Waals surface area contributed by atoms with Crippen LogP contribution in [0.1, 0.15) is 36.8 Å². The van der Waals surface area contributed by atoms with Gasteiger partial charge in [-0.25, -0.2) is 9.97 Å². The van der Waals surface area contributed by atoms with Crippen LogP contribution in [0.3, 0.4) is 0 Å². The summed E-state index contributed by atoms with van der Waals surface area (Å²) in [6, 6.07) is 1.90. The van der Waals surface area contributed by atoms with Crippen LogP contribution < -0.4 is 10.6 Å². The summed E-state index contributed by atoms with van der Waals surface area (Å²) in [7, 11) is 1.86. The average molecular weight is 261 g/mol. The number of nitrogens with zero attached hydrogens (tertiary/aromatic N) is 3. The van der Waals surface area contributed by atoms with Crippen LogP contribution in [0, 0.1) is 6.92 Å². The zero-order valence-corrected chi connectivity index (χ0v) is 11.7. The van der Waals surface area contributed by atoms with E-state index in [1.54, 1.807) is 6.33 Å². The number of aryl methyl sites for hydroxylation is 1. The molecule has 0 aliphatic heterocycles. The highest BCUT2D eigenvalue weighted by Crippen LogP contribution is 2.28. The van der Waals surface area contributed by atoms with Crippen LogP contribution in [-0.2, 0) is 6.54 Å². The Morgan fingerprint density at radius 2 is 2.00 bits per heavy atom. The number of aromatic nitrogens is 3. The molecule has 2 N–H and O–H groups in total. The smallest absolute Gasteiger partial charge is 0.135 e. The van der Waals surface area contributed by atoms with Crippen LogP contribution >= 0.6 is 0 Å². The van der Waals surface area contributed by atoms with Gasteiger partial charge in [-0.2, -0.15) is 0 Å². The van der Waals surface area contributed by atoms with Crippen LogP contribution in [-0.4, -0.2) is 22.2 Å². The molecule has 0 radical (unpaired) electrons. The zero-order chi connectivity index (χ0) is 13.8. The molecular formula is C13H19N5O. The topological polar surface area (TPSA) is 75.9 Å². The third kappa shape index (κ3) is 3.01. The molecule has 0 saturated heterocycles. The van der Waals surface area contributed by atoms with Gasteiger partial charge in [0.05, 0.1) is 6.54 Å². The Bertz CT molecular complexity index is 550. The molecule has 0 bridgehead atoms. The maximum atomic E-state index is 5.04. The van der Waals surface area contributed by atoms with E-state index in [0.29, 0.717) is 12.5 Å². The standard InChI is InChI=1S/C13H19N5O/c1-8(2)11-12(14-4)16-7-17-13(11)15-6-10-5-9(3)19-18-10/h5,7-8H,6H2,1-4H3,(H2,14,15,16,17). The van der Waals surface area contributed by atoms with Crippen molar-refractivity contribution in [1.29, 1.82) is 0 Å². The lowest BCUT2D eigenvalue weighted by Crippen LogP contribution is -2.09. The summed E-state index contributed by atoms with van der Waals surface area (Å²) in [5, 5.41) is 10.3. The molecule has 0 saturated carbocycles. The molecule has 0 unspecified atom stereocenters. The second-order valence-corrected chi connectivity index (χ2v) is 4.67. The van der Waals surface area contributed by atoms with E-state index >= 15 is 0 Å². The van der Waals surface area contributed by atoms with E-state index in [4.69, 9.17) is 4.52 Å². The van der Waals surface area contributed by atoms with Crippen LogP contribution in [0.25, 0.3) is 0 Å². The lowest BCUT2D eigenvalue weighted by atomic mass is 10.0. The van der Waals surface area contributed by atoms with E-state index in [0.717, 1.165) is 28.7 Å². The molecule has 0 spiro atoms. The Balaban J connectivity index is 2.19. The van der Waals surface area contributed by atoms with Crippen LogP contribution in [0.4, 0.5) is 11.6 Å². The van der Waals surface area contributed by atoms with E-state index < -0.39 is 0 Å². The fourth-order valence-corrected chi connectivity index (χ4v) is 1.96. The normalized spacial score (nSPS) is 10.8. The Kier molecular flexibility index (Phi) is 3.99. The van der Waals surface area contributed by atoms with Crippen molar-refractivity contribution in [1.82, 2.24) is 15.1 Å². The SMILES string of the molecule is CNc1ncnc(NCc2cc(C)on2)c1C(C)C. The van der Waals surface area contributed by atoms with Gasteiger partial charge in [0, 0.05) is 18.7 Å². The largest absolute Gasteiger partial charge is 0.373 e. The third-order valence-corrected chi connectivity index (χ3v) is 2.81. The van der Waals surface area contributed by atoms with Gasteiger partial charge in [0.25, 0.3) is 0 Å². The molecule has 2 aromatic heterocycles. The Labute approximate surface area is 112 Å². The van der Waals surface area contributed by atoms with Crippen molar-refractivity contribution in [2.45, 2.75) is 33.2 Å². The van der Waals surface area contributed by atoms with Gasteiger partial charge in [-0.1, -0.05) is 19.0 Å². The van der Waals surface area contributed by atoms with Crippen LogP contribution in [0.5, 0.6) is 0 Å². The molecular weight excluding hydrogens is 242 g/mol. The molecule has 2 heterocycles. The quantitative estimate of drug-likeness (QED) is 0.861. The van der Waals surface area contributed by atoms with Crippen molar-refractivity contribution in [3.63, 3.8) is 0 Å². The number of nitrogens with one attached hydrogen (secondary N) is 2. The summed E-state index contributed by atoms with van der Waals surface area (Å²) in [5.41, 5.74) is 1.93. The molecule has 102 valence electrons. The van der Waals surface area contributed by atoms with Gasteiger partial charge >= 0.3 is 0 Å². The minimum absolute atomic E-state index is 0.324. The van der Waals surface area contributed by atoms with Gasteiger partial charge in [0.1, 0.15) is 29.4 Å². The molecule has 0 aliphatic rings. The predicted molar refractivity (Wildman–Crippen MR) is 74.2 cm³/mol. The van der Waals surface area contributed by atoms with Gasteiger partial charge in [-0.15, -0.1) is 0 Å². The van der Waals surface area contributed by atoms with E-state index in [2.05, 4.69) is 39.6 Å². The van der Waals surface area contributed by atoms with Gasteiger partial charge in [-0.05, 0) is 12.8 Å². The number of rotatable bonds is 5. The molecule has 0 amide bonds. The highest BCUT2D eigenvalue weighted by Gasteiger charge is 2.14. The maximum Gasteiger partial charge on any atom is 0.135 e. The van der Waals surface area contributed by atoms with Crippen molar-refractivity contribution in [3.8, 4) is 0 Å². The number of hydrogen-bond donors (Lipinski definition) is 2. The summed E-state index contributed by atoms with van der Waals surface area (Å²) < 4.78 is 5.04. The van der Waals surface area contributed by atoms with Crippen LogP contribution in [0.2, 0.25) is 0 Å². The van der Waals surface area contributed by atoms with Crippen molar-refractivity contribution in [2.24, 2.45) is 0 Å². The summed E-state index contributed by atoms with van der Waals surface area (Å²) in [4.78, 5) is 8.55. The zero-order valence-electron chi connectivity index (χ0n) is 11.7. The van der Waals surface area contributed by atoms with E-state index in [-0.39, 0.29) is 0 Å². The maximum absolute atomic E-state index is 5.04. The molecule has 2 aromatic rings. The lowest BCUT2D eigenvalue weighted by molar-refractivity contribution is 0.391. The molecule has 0 aromatic carbocycles. The number of anilines is 2. The van der Waals surface area contributed by atoms with E-state index in [9.17, 15) is 0 Å². The second kappa shape index (κ2) is 5.69. The van der Waals surface area contributed by atoms with Crippen molar-refractivity contribution in [2.75, 3.05) is 17.7 Å². The van der Waals surface area contributed by atoms with Gasteiger partial charge in [0.2, 0.25) is 0 Å². The third-order valence-electron chi connectivity index (χ3n) is 2.81. The first-order valence-electron chi connectivity index (χ1n) is 6.30. The molecule has 6 nitrogen and oxygen atoms in total. The van der Waals surface area contributed by atoms with Crippen LogP contribution in [0.15, 0.2) is 16.9 Å². The highest BCUT2D eigenvalue weighted by molar-refractivity contribution is 5.58. The monoisotopic (exact) mass is 261 g/mol. The highest BCUT2D eigenvalue weighted by atomic mass is 16.5. The van der Waals surface area contributed by atoms with Crippen molar-refractivity contribution >= 4 is 11.6 Å². The van der Waals surface area contributed by atoms with E-state index in [1.807, 2.05) is 20.0 Å². The minimum atomic E-state index is 0.324. The lowest BCUT2D eigenvalue weighted by Gasteiger charge is -2.16. The first kappa shape index (κ1) is 13.3. The molecule has 19 heavy (non-hydrogen) atoms. The first-order chi connectivity index (χ1) is 9.11. The molecule has 2 rings (SSSR count). The Morgan fingerprint density at radius 1 is 1.26 bits per heavy atom. The molecule has 0 fully saturated rings. The molecule has 0 aliphatic carbocycles. The summed E-state index contributed by atoms with van der Waals surface area (Å²) in [6.45, 7) is 6.69. The Morgan fingerprint density at radius 3 is 2.58 bits per heavy atom. The average Bonchev–Trinajstić information content (AvgIpc) is 2.81. The van der Waals surface area contributed by atoms with Gasteiger partial charge in [0.15, 0.2) is 0 Å². The van der Waals surface area contributed by atoms with Crippen molar-refractivity contribution < 1.29 is 4.52 Å². The van der Waals surface area contributed by atoms with E-state index in [1.165, 1.54) is 0 Å². The number of hydrogen-bond acceptors (Lipinski definition) is 6. The van der Waals surface area contributed by atoms with Gasteiger partial charge in [-0.3, -0.25) is 0 Å². The Hall–Kier alpha value is -2.11. The first-order valence-corrected chi connectivity index (χ1v) is 6.30. The fraction of sp³-hybridized carbons (Fsp3) is 0.462. The minimum Gasteiger partial charge on any atom is -0.373 e. The summed E-state index contributed by atoms with van der Waals surface area (Å²) >= 11 is 0. The molecule has 6 heteroatoms. The predicted octanol–water partition coefficient (Wildman–Crippen LogP) is 2.55. The summed E-state index contributed by atoms with van der Waals surface area (Å²) in [6.07, 6.45) is 1.55. The second-order valence-electron chi connectivity index (χ2n) is 4.67. The van der Waals surface area contributed by atoms with Gasteiger partial charge < -0.3 is 15.2 Å². The fourth-order valence-electron chi connectivity index (χ4n) is 1.96. The van der Waals surface area contributed by atoms with Crippen molar-refractivity contribution in [3.05, 3.63) is 29.4 Å².